The first kappa shape index (κ1) is 14.9. The Bertz CT molecular complexity index is 900. The lowest BCUT2D eigenvalue weighted by Gasteiger charge is -2.26. The Morgan fingerprint density at radius 1 is 1.46 bits per heavy atom. The van der Waals surface area contributed by atoms with Gasteiger partial charge in [-0.05, 0) is 24.0 Å². The topological polar surface area (TPSA) is 98.3 Å². The third-order valence-corrected chi connectivity index (χ3v) is 5.70. The van der Waals surface area contributed by atoms with E-state index in [1.807, 2.05) is 0 Å². The van der Waals surface area contributed by atoms with Gasteiger partial charge in [-0.25, -0.2) is 0 Å². The van der Waals surface area contributed by atoms with Crippen molar-refractivity contribution in [3.63, 3.8) is 0 Å². The molecule has 0 bridgehead atoms. The van der Waals surface area contributed by atoms with Crippen molar-refractivity contribution in [3.8, 4) is 0 Å². The van der Waals surface area contributed by atoms with E-state index in [9.17, 15) is 14.9 Å². The van der Waals surface area contributed by atoms with Gasteiger partial charge in [-0.3, -0.25) is 14.9 Å². The van der Waals surface area contributed by atoms with E-state index in [0.29, 0.717) is 22.0 Å². The predicted octanol–water partition coefficient (Wildman–Crippen LogP) is 3.44. The Balaban J connectivity index is 1.53. The molecular weight excluding hydrogens is 326 g/mol. The van der Waals surface area contributed by atoms with Gasteiger partial charge in [0.05, 0.1) is 15.5 Å². The number of nitro benzene ring substituents is 1. The second-order valence-corrected chi connectivity index (χ2v) is 7.06. The quantitative estimate of drug-likeness (QED) is 0.657. The molecule has 122 valence electrons. The number of nitrogens with two attached hydrogens (primary N) is 1. The largest absolute Gasteiger partial charge is 0.390 e. The molecule has 1 unspecified atom stereocenters. The Kier molecular flexibility index (Phi) is 3.38. The number of nitrogens with one attached hydrogen (secondary N) is 1. The number of anilines is 1. The maximum absolute atomic E-state index is 12.6. The normalized spacial score (nSPS) is 17.5. The van der Waals surface area contributed by atoms with Crippen molar-refractivity contribution >= 4 is 33.5 Å². The van der Waals surface area contributed by atoms with E-state index in [1.165, 1.54) is 33.9 Å². The molecule has 1 aromatic carbocycles. The van der Waals surface area contributed by atoms with Crippen LogP contribution < -0.4 is 11.1 Å². The number of nitro groups is 1. The van der Waals surface area contributed by atoms with E-state index in [0.717, 1.165) is 18.4 Å². The monoisotopic (exact) mass is 341 g/mol. The van der Waals surface area contributed by atoms with E-state index in [1.54, 1.807) is 12.1 Å². The van der Waals surface area contributed by atoms with E-state index in [2.05, 4.69) is 11.4 Å². The number of allylic oxidation sites excluding steroid dienone is 2. The number of benzene rings is 1. The standard InChI is InChI=1S/C17H15N3O3S/c18-16-14(13-11-5-2-6-12(11)15(13)24-16)17(21)19-8-9-3-1-4-10(7-9)20(22)23/h1,3-5,7,12H,2,6,8,18H2,(H,19,21). The first-order valence-electron chi connectivity index (χ1n) is 7.70. The molecule has 0 spiro atoms. The van der Waals surface area contributed by atoms with Crippen LogP contribution in [-0.4, -0.2) is 10.8 Å². The summed E-state index contributed by atoms with van der Waals surface area (Å²) >= 11 is 1.50. The fourth-order valence-corrected chi connectivity index (χ4v) is 4.69. The molecule has 6 nitrogen and oxygen atoms in total. The Hall–Kier alpha value is -2.67. The molecule has 1 amide bonds. The molecule has 4 rings (SSSR count). The highest BCUT2D eigenvalue weighted by Crippen LogP contribution is 2.58. The van der Waals surface area contributed by atoms with E-state index >= 15 is 0 Å². The number of non-ortho nitro benzene ring substituents is 1. The van der Waals surface area contributed by atoms with Crippen LogP contribution in [0.4, 0.5) is 10.7 Å². The molecular formula is C17H15N3O3S. The lowest BCUT2D eigenvalue weighted by atomic mass is 9.79. The molecule has 2 aromatic rings. The number of carbonyl (C=O) groups is 1. The van der Waals surface area contributed by atoms with Gasteiger partial charge in [0, 0.05) is 35.0 Å². The molecule has 0 radical (unpaired) electrons. The second kappa shape index (κ2) is 5.45. The maximum atomic E-state index is 12.6. The van der Waals surface area contributed by atoms with Gasteiger partial charge in [0.25, 0.3) is 11.6 Å². The minimum absolute atomic E-state index is 0.0137. The number of hydrogen-bond acceptors (Lipinski definition) is 5. The summed E-state index contributed by atoms with van der Waals surface area (Å²) in [7, 11) is 0. The average Bonchev–Trinajstić information content (AvgIpc) is 3.10. The summed E-state index contributed by atoms with van der Waals surface area (Å²) in [4.78, 5) is 24.2. The van der Waals surface area contributed by atoms with Crippen molar-refractivity contribution in [1.82, 2.24) is 5.32 Å². The van der Waals surface area contributed by atoms with Crippen LogP contribution in [0.3, 0.4) is 0 Å². The Labute approximate surface area is 142 Å². The summed E-state index contributed by atoms with van der Waals surface area (Å²) in [5, 5.41) is 14.2. The summed E-state index contributed by atoms with van der Waals surface area (Å²) in [6.07, 6.45) is 4.35. The highest BCUT2D eigenvalue weighted by Gasteiger charge is 2.41. The second-order valence-electron chi connectivity index (χ2n) is 5.98. The van der Waals surface area contributed by atoms with Crippen molar-refractivity contribution in [2.24, 2.45) is 0 Å². The van der Waals surface area contributed by atoms with E-state index in [4.69, 9.17) is 5.73 Å². The first-order valence-corrected chi connectivity index (χ1v) is 8.52. The van der Waals surface area contributed by atoms with Crippen LogP contribution in [0.25, 0.3) is 5.57 Å². The van der Waals surface area contributed by atoms with Gasteiger partial charge >= 0.3 is 0 Å². The summed E-state index contributed by atoms with van der Waals surface area (Å²) in [5.41, 5.74) is 9.58. The van der Waals surface area contributed by atoms with Crippen LogP contribution in [-0.2, 0) is 6.54 Å². The minimum atomic E-state index is -0.447. The number of carbonyl (C=O) groups excluding carboxylic acids is 1. The van der Waals surface area contributed by atoms with Crippen molar-refractivity contribution in [2.45, 2.75) is 25.3 Å². The number of rotatable bonds is 4. The smallest absolute Gasteiger partial charge is 0.269 e. The summed E-state index contributed by atoms with van der Waals surface area (Å²) in [6, 6.07) is 6.25. The van der Waals surface area contributed by atoms with Crippen LogP contribution in [0, 0.1) is 10.1 Å². The molecule has 1 atom stereocenters. The summed E-state index contributed by atoms with van der Waals surface area (Å²) in [5.74, 6) is 0.244. The zero-order chi connectivity index (χ0) is 16.8. The SMILES string of the molecule is Nc1sc2c(c1C(=O)NCc1cccc([N+](=O)[O-])c1)C1=CCCC12. The number of nitrogens with zero attached hydrogens (tertiary/aromatic N) is 1. The van der Waals surface area contributed by atoms with Gasteiger partial charge in [0.2, 0.25) is 0 Å². The number of amides is 1. The summed E-state index contributed by atoms with van der Waals surface area (Å²) < 4.78 is 0. The van der Waals surface area contributed by atoms with Gasteiger partial charge in [-0.1, -0.05) is 18.2 Å². The molecule has 24 heavy (non-hydrogen) atoms. The van der Waals surface area contributed by atoms with Crippen LogP contribution in [0.5, 0.6) is 0 Å². The third-order valence-electron chi connectivity index (χ3n) is 4.56. The van der Waals surface area contributed by atoms with E-state index in [-0.39, 0.29) is 18.1 Å². The van der Waals surface area contributed by atoms with Crippen LogP contribution >= 0.6 is 11.3 Å². The molecule has 0 saturated carbocycles. The van der Waals surface area contributed by atoms with Crippen molar-refractivity contribution in [1.29, 1.82) is 0 Å². The Morgan fingerprint density at radius 2 is 2.29 bits per heavy atom. The van der Waals surface area contributed by atoms with Gasteiger partial charge in [-0.2, -0.15) is 0 Å². The van der Waals surface area contributed by atoms with Gasteiger partial charge in [-0.15, -0.1) is 11.3 Å². The van der Waals surface area contributed by atoms with Crippen LogP contribution in [0.15, 0.2) is 30.3 Å². The Morgan fingerprint density at radius 3 is 3.08 bits per heavy atom. The van der Waals surface area contributed by atoms with Crippen LogP contribution in [0.2, 0.25) is 0 Å². The summed E-state index contributed by atoms with van der Waals surface area (Å²) in [6.45, 7) is 0.229. The number of nitrogen functional groups attached to an aromatic ring is 1. The van der Waals surface area contributed by atoms with Crippen molar-refractivity contribution < 1.29 is 9.72 Å². The lowest BCUT2D eigenvalue weighted by Crippen LogP contribution is -2.25. The fourth-order valence-electron chi connectivity index (χ4n) is 3.45. The van der Waals surface area contributed by atoms with Gasteiger partial charge < -0.3 is 11.1 Å². The molecule has 0 fully saturated rings. The molecule has 0 saturated heterocycles. The highest BCUT2D eigenvalue weighted by atomic mass is 32.1. The lowest BCUT2D eigenvalue weighted by molar-refractivity contribution is -0.384. The zero-order valence-electron chi connectivity index (χ0n) is 12.7. The zero-order valence-corrected chi connectivity index (χ0v) is 13.6. The predicted molar refractivity (Wildman–Crippen MR) is 93.0 cm³/mol. The van der Waals surface area contributed by atoms with Crippen molar-refractivity contribution in [3.05, 3.63) is 62.0 Å². The molecule has 2 aliphatic carbocycles. The van der Waals surface area contributed by atoms with Crippen molar-refractivity contribution in [2.75, 3.05) is 5.73 Å². The van der Waals surface area contributed by atoms with Crippen LogP contribution in [0.1, 0.15) is 45.1 Å². The minimum Gasteiger partial charge on any atom is -0.390 e. The third kappa shape index (κ3) is 2.20. The van der Waals surface area contributed by atoms with Gasteiger partial charge in [0.15, 0.2) is 0 Å². The average molecular weight is 341 g/mol. The molecule has 2 aliphatic rings. The molecule has 7 heteroatoms. The highest BCUT2D eigenvalue weighted by molar-refractivity contribution is 7.17. The number of hydrogen-bond donors (Lipinski definition) is 2. The number of thiophene rings is 1. The molecule has 1 aromatic heterocycles. The number of fused-ring (bicyclic) bond motifs is 4. The van der Waals surface area contributed by atoms with E-state index < -0.39 is 4.92 Å². The fraction of sp³-hybridized carbons (Fsp3) is 0.235. The molecule has 1 heterocycles. The molecule has 0 aliphatic heterocycles. The molecule has 3 N–H and O–H groups in total. The van der Waals surface area contributed by atoms with Gasteiger partial charge in [0.1, 0.15) is 0 Å². The maximum Gasteiger partial charge on any atom is 0.269 e. The first-order chi connectivity index (χ1) is 11.6.